The van der Waals surface area contributed by atoms with Gasteiger partial charge in [-0.15, -0.1) is 0 Å². The van der Waals surface area contributed by atoms with E-state index < -0.39 is 0 Å². The second-order valence-electron chi connectivity index (χ2n) is 9.60. The molecule has 0 aliphatic carbocycles. The zero-order valence-corrected chi connectivity index (χ0v) is 20.9. The van der Waals surface area contributed by atoms with Crippen LogP contribution in [0.3, 0.4) is 0 Å². The molecule has 184 valence electrons. The number of anilines is 1. The number of pyridine rings is 1. The van der Waals surface area contributed by atoms with Crippen molar-refractivity contribution in [3.63, 3.8) is 0 Å². The molecule has 0 unspecified atom stereocenters. The van der Waals surface area contributed by atoms with Gasteiger partial charge < -0.3 is 14.5 Å². The van der Waals surface area contributed by atoms with Gasteiger partial charge in [-0.3, -0.25) is 4.79 Å². The highest BCUT2D eigenvalue weighted by Crippen LogP contribution is 2.42. The minimum Gasteiger partial charge on any atom is -0.481 e. The summed E-state index contributed by atoms with van der Waals surface area (Å²) in [5, 5.41) is 9.12. The van der Waals surface area contributed by atoms with E-state index in [1.165, 1.54) is 0 Å². The highest BCUT2D eigenvalue weighted by atomic mass is 16.5. The topological polar surface area (TPSA) is 102 Å². The molecule has 2 aliphatic rings. The molecule has 5 rings (SSSR count). The van der Waals surface area contributed by atoms with Crippen molar-refractivity contribution in [2.75, 3.05) is 31.6 Å². The molecule has 10 heteroatoms. The fourth-order valence-electron chi connectivity index (χ4n) is 5.34. The molecule has 1 spiro atoms. The quantitative estimate of drug-likeness (QED) is 0.554. The Bertz CT molecular complexity index is 1210. The van der Waals surface area contributed by atoms with Gasteiger partial charge in [0.2, 0.25) is 17.7 Å². The highest BCUT2D eigenvalue weighted by molar-refractivity contribution is 5.84. The van der Waals surface area contributed by atoms with Gasteiger partial charge in [0.15, 0.2) is 0 Å². The molecule has 1 amide bonds. The fourth-order valence-corrected chi connectivity index (χ4v) is 5.34. The Labute approximate surface area is 205 Å². The van der Waals surface area contributed by atoms with E-state index in [1.807, 2.05) is 36.9 Å². The monoisotopic (exact) mass is 476 g/mol. The minimum absolute atomic E-state index is 0.222. The number of hydrogen-bond donors (Lipinski definition) is 0. The minimum atomic E-state index is -0.329. The number of hydrogen-bond acceptors (Lipinski definition) is 8. The number of rotatable bonds is 5. The van der Waals surface area contributed by atoms with Gasteiger partial charge >= 0.3 is 0 Å². The van der Waals surface area contributed by atoms with Crippen molar-refractivity contribution in [1.82, 2.24) is 34.8 Å². The van der Waals surface area contributed by atoms with Crippen LogP contribution in [-0.4, -0.2) is 67.5 Å². The lowest BCUT2D eigenvalue weighted by molar-refractivity contribution is -0.148. The number of aromatic nitrogens is 6. The van der Waals surface area contributed by atoms with Gasteiger partial charge in [0.05, 0.1) is 24.8 Å². The number of likely N-dealkylation sites (tertiary alicyclic amines) is 1. The number of piperidine rings is 2. The number of amides is 1. The van der Waals surface area contributed by atoms with Gasteiger partial charge in [0.25, 0.3) is 0 Å². The molecule has 10 nitrogen and oxygen atoms in total. The van der Waals surface area contributed by atoms with Gasteiger partial charge in [-0.1, -0.05) is 6.07 Å². The smallest absolute Gasteiger partial charge is 0.229 e. The van der Waals surface area contributed by atoms with Crippen molar-refractivity contribution in [1.29, 1.82) is 0 Å². The van der Waals surface area contributed by atoms with E-state index in [0.717, 1.165) is 68.3 Å². The standard InChI is InChI=1S/C25H32N8O2/c1-17-15-18(2)27-24(26-17)32-13-10-25(11-14-32)9-6-12-33(23(25)34)16-20-22(30-31(3)29-20)19-7-5-8-21(28-19)35-4/h5,7-8,15H,6,9-14,16H2,1-4H3. The number of carbonyl (C=O) groups excluding carboxylic acids is 1. The van der Waals surface area contributed by atoms with Gasteiger partial charge in [-0.25, -0.2) is 15.0 Å². The molecule has 0 aromatic carbocycles. The molecule has 0 bridgehead atoms. The maximum atomic E-state index is 13.8. The predicted octanol–water partition coefficient (Wildman–Crippen LogP) is 2.70. The zero-order chi connectivity index (χ0) is 24.6. The van der Waals surface area contributed by atoms with Crippen LogP contribution in [0, 0.1) is 19.3 Å². The first kappa shape index (κ1) is 23.2. The first-order valence-corrected chi connectivity index (χ1v) is 12.2. The first-order valence-electron chi connectivity index (χ1n) is 12.2. The number of aryl methyl sites for hydroxylation is 3. The number of methoxy groups -OCH3 is 1. The Morgan fingerprint density at radius 1 is 1.00 bits per heavy atom. The summed E-state index contributed by atoms with van der Waals surface area (Å²) in [5.74, 6) is 1.51. The SMILES string of the molecule is COc1cccc(-c2nn(C)nc2CN2CCCC3(CCN(c4nc(C)cc(C)n4)CC3)C2=O)n1. The Balaban J connectivity index is 1.32. The average molecular weight is 477 g/mol. The summed E-state index contributed by atoms with van der Waals surface area (Å²) in [4.78, 5) is 33.3. The second kappa shape index (κ2) is 9.24. The van der Waals surface area contributed by atoms with Crippen molar-refractivity contribution in [3.05, 3.63) is 41.3 Å². The second-order valence-corrected chi connectivity index (χ2v) is 9.60. The van der Waals surface area contributed by atoms with Crippen LogP contribution in [0.1, 0.15) is 42.8 Å². The third-order valence-corrected chi connectivity index (χ3v) is 7.10. The summed E-state index contributed by atoms with van der Waals surface area (Å²) >= 11 is 0. The molecule has 3 aromatic rings. The zero-order valence-electron chi connectivity index (χ0n) is 20.9. The Hall–Kier alpha value is -3.56. The first-order chi connectivity index (χ1) is 16.9. The summed E-state index contributed by atoms with van der Waals surface area (Å²) in [7, 11) is 3.38. The molecular formula is C25H32N8O2. The van der Waals surface area contributed by atoms with Crippen molar-refractivity contribution in [3.8, 4) is 17.3 Å². The predicted molar refractivity (Wildman–Crippen MR) is 131 cm³/mol. The van der Waals surface area contributed by atoms with Crippen LogP contribution in [0.5, 0.6) is 5.88 Å². The van der Waals surface area contributed by atoms with Crippen LogP contribution in [0.25, 0.3) is 11.4 Å². The Morgan fingerprint density at radius 3 is 2.46 bits per heavy atom. The number of carbonyl (C=O) groups is 1. The Kier molecular flexibility index (Phi) is 6.12. The molecule has 0 saturated carbocycles. The van der Waals surface area contributed by atoms with E-state index >= 15 is 0 Å². The van der Waals surface area contributed by atoms with Crippen LogP contribution in [0.2, 0.25) is 0 Å². The molecule has 5 heterocycles. The van der Waals surface area contributed by atoms with Crippen molar-refractivity contribution < 1.29 is 9.53 Å². The average Bonchev–Trinajstić information content (AvgIpc) is 3.22. The molecule has 0 atom stereocenters. The number of nitrogens with zero attached hydrogens (tertiary/aromatic N) is 8. The normalized spacial score (nSPS) is 17.8. The molecule has 35 heavy (non-hydrogen) atoms. The molecule has 2 fully saturated rings. The van der Waals surface area contributed by atoms with E-state index in [-0.39, 0.29) is 11.3 Å². The summed E-state index contributed by atoms with van der Waals surface area (Å²) in [6.45, 7) is 6.71. The lowest BCUT2D eigenvalue weighted by atomic mass is 9.71. The lowest BCUT2D eigenvalue weighted by Crippen LogP contribution is -2.53. The van der Waals surface area contributed by atoms with Crippen LogP contribution in [0.15, 0.2) is 24.3 Å². The van der Waals surface area contributed by atoms with Crippen LogP contribution in [-0.2, 0) is 18.4 Å². The molecule has 0 radical (unpaired) electrons. The van der Waals surface area contributed by atoms with Crippen LogP contribution < -0.4 is 9.64 Å². The summed E-state index contributed by atoms with van der Waals surface area (Å²) in [6.07, 6.45) is 3.53. The van der Waals surface area contributed by atoms with Gasteiger partial charge in [-0.05, 0) is 51.7 Å². The molecule has 2 aliphatic heterocycles. The fraction of sp³-hybridized carbons (Fsp3) is 0.520. The van der Waals surface area contributed by atoms with Gasteiger partial charge in [0, 0.05) is 44.1 Å². The van der Waals surface area contributed by atoms with E-state index in [0.29, 0.717) is 23.8 Å². The molecular weight excluding hydrogens is 444 g/mol. The number of ether oxygens (including phenoxy) is 1. The van der Waals surface area contributed by atoms with E-state index in [4.69, 9.17) is 4.74 Å². The summed E-state index contributed by atoms with van der Waals surface area (Å²) in [6, 6.07) is 7.56. The van der Waals surface area contributed by atoms with Crippen molar-refractivity contribution >= 4 is 11.9 Å². The maximum Gasteiger partial charge on any atom is 0.229 e. The van der Waals surface area contributed by atoms with E-state index in [2.05, 4.69) is 30.0 Å². The molecule has 2 saturated heterocycles. The molecule has 3 aromatic heterocycles. The van der Waals surface area contributed by atoms with E-state index in [1.54, 1.807) is 25.0 Å². The Morgan fingerprint density at radius 2 is 1.74 bits per heavy atom. The molecule has 0 N–H and O–H groups in total. The maximum absolute atomic E-state index is 13.8. The van der Waals surface area contributed by atoms with Gasteiger partial charge in [-0.2, -0.15) is 15.0 Å². The third kappa shape index (κ3) is 4.56. The summed E-state index contributed by atoms with van der Waals surface area (Å²) < 4.78 is 5.28. The third-order valence-electron chi connectivity index (χ3n) is 7.10. The van der Waals surface area contributed by atoms with Crippen molar-refractivity contribution in [2.45, 2.75) is 46.1 Å². The lowest BCUT2D eigenvalue weighted by Gasteiger charge is -2.46. The van der Waals surface area contributed by atoms with E-state index in [9.17, 15) is 4.79 Å². The largest absolute Gasteiger partial charge is 0.481 e. The highest BCUT2D eigenvalue weighted by Gasteiger charge is 2.46. The van der Waals surface area contributed by atoms with Crippen LogP contribution >= 0.6 is 0 Å². The van der Waals surface area contributed by atoms with Crippen LogP contribution in [0.4, 0.5) is 5.95 Å². The van der Waals surface area contributed by atoms with Crippen molar-refractivity contribution in [2.24, 2.45) is 12.5 Å². The summed E-state index contributed by atoms with van der Waals surface area (Å²) in [5.41, 5.74) is 3.73. The van der Waals surface area contributed by atoms with Gasteiger partial charge in [0.1, 0.15) is 11.4 Å².